The van der Waals surface area contributed by atoms with E-state index in [1.165, 1.54) is 0 Å². The minimum absolute atomic E-state index is 0.197. The molecule has 0 radical (unpaired) electrons. The maximum Gasteiger partial charge on any atom is 0.217 e. The summed E-state index contributed by atoms with van der Waals surface area (Å²) in [5.74, 6) is 1.80. The third-order valence-electron chi connectivity index (χ3n) is 5.17. The summed E-state index contributed by atoms with van der Waals surface area (Å²) in [6.07, 6.45) is 3.81. The SMILES string of the molecule is CCNC(=NCC(CC(C)C)N(CC)CC)N1CCCC(CC(N)=O)C1. The van der Waals surface area contributed by atoms with Crippen LogP contribution < -0.4 is 11.1 Å². The summed E-state index contributed by atoms with van der Waals surface area (Å²) >= 11 is 0. The summed E-state index contributed by atoms with van der Waals surface area (Å²) in [5, 5.41) is 3.45. The van der Waals surface area contributed by atoms with Crippen molar-refractivity contribution in [2.45, 2.75) is 66.3 Å². The van der Waals surface area contributed by atoms with Gasteiger partial charge in [0.15, 0.2) is 5.96 Å². The van der Waals surface area contributed by atoms with E-state index in [4.69, 9.17) is 10.7 Å². The lowest BCUT2D eigenvalue weighted by molar-refractivity contribution is -0.119. The van der Waals surface area contributed by atoms with Crippen LogP contribution in [0.25, 0.3) is 0 Å². The Balaban J connectivity index is 2.82. The van der Waals surface area contributed by atoms with Crippen LogP contribution in [-0.2, 0) is 4.79 Å². The highest BCUT2D eigenvalue weighted by molar-refractivity contribution is 5.80. The summed E-state index contributed by atoms with van der Waals surface area (Å²) in [6.45, 7) is 16.8. The smallest absolute Gasteiger partial charge is 0.217 e. The largest absolute Gasteiger partial charge is 0.370 e. The Morgan fingerprint density at radius 1 is 1.31 bits per heavy atom. The molecule has 0 aromatic carbocycles. The van der Waals surface area contributed by atoms with E-state index in [0.29, 0.717) is 24.3 Å². The lowest BCUT2D eigenvalue weighted by Gasteiger charge is -2.35. The van der Waals surface area contributed by atoms with E-state index in [1.807, 2.05) is 0 Å². The van der Waals surface area contributed by atoms with E-state index in [1.54, 1.807) is 0 Å². The van der Waals surface area contributed by atoms with E-state index in [2.05, 4.69) is 49.7 Å². The van der Waals surface area contributed by atoms with Crippen LogP contribution in [0.4, 0.5) is 0 Å². The molecule has 1 aliphatic rings. The fourth-order valence-corrected chi connectivity index (χ4v) is 3.95. The number of nitrogens with one attached hydrogen (secondary N) is 1. The van der Waals surface area contributed by atoms with Crippen molar-refractivity contribution >= 4 is 11.9 Å². The molecular weight excluding hydrogens is 326 g/mol. The Labute approximate surface area is 160 Å². The van der Waals surface area contributed by atoms with E-state index >= 15 is 0 Å². The molecule has 0 bridgehead atoms. The molecule has 2 unspecified atom stereocenters. The molecule has 0 spiro atoms. The molecule has 1 aliphatic heterocycles. The summed E-state index contributed by atoms with van der Waals surface area (Å²) in [7, 11) is 0. The van der Waals surface area contributed by atoms with Gasteiger partial charge in [0.1, 0.15) is 0 Å². The first-order valence-corrected chi connectivity index (χ1v) is 10.5. The Morgan fingerprint density at radius 3 is 2.54 bits per heavy atom. The van der Waals surface area contributed by atoms with Gasteiger partial charge in [-0.3, -0.25) is 14.7 Å². The first kappa shape index (κ1) is 22.7. The second-order valence-electron chi connectivity index (χ2n) is 7.82. The number of amides is 1. The Hall–Kier alpha value is -1.30. The standard InChI is InChI=1S/C20H41N5O/c1-6-22-20(25-11-9-10-17(15-25)13-19(21)26)23-14-18(12-16(4)5)24(7-2)8-3/h16-18H,6-15H2,1-5H3,(H2,21,26)(H,22,23). The average molecular weight is 368 g/mol. The van der Waals surface area contributed by atoms with Crippen LogP contribution in [0.2, 0.25) is 0 Å². The minimum atomic E-state index is -0.197. The fraction of sp³-hybridized carbons (Fsp3) is 0.900. The van der Waals surface area contributed by atoms with E-state index in [0.717, 1.165) is 64.5 Å². The highest BCUT2D eigenvalue weighted by atomic mass is 16.1. The van der Waals surface area contributed by atoms with E-state index < -0.39 is 0 Å². The lowest BCUT2D eigenvalue weighted by Crippen LogP contribution is -2.48. The van der Waals surface area contributed by atoms with Gasteiger partial charge in [0, 0.05) is 32.1 Å². The normalized spacial score (nSPS) is 19.9. The molecule has 3 N–H and O–H groups in total. The number of carbonyl (C=O) groups excluding carboxylic acids is 1. The highest BCUT2D eigenvalue weighted by Crippen LogP contribution is 2.20. The van der Waals surface area contributed by atoms with Crippen LogP contribution in [0.15, 0.2) is 4.99 Å². The number of primary amides is 1. The number of carbonyl (C=O) groups is 1. The number of nitrogens with two attached hydrogens (primary N) is 1. The number of likely N-dealkylation sites (N-methyl/N-ethyl adjacent to an activating group) is 1. The second-order valence-corrected chi connectivity index (χ2v) is 7.82. The van der Waals surface area contributed by atoms with Crippen LogP contribution in [0.1, 0.15) is 60.3 Å². The van der Waals surface area contributed by atoms with Crippen molar-refractivity contribution in [3.63, 3.8) is 0 Å². The van der Waals surface area contributed by atoms with Gasteiger partial charge in [-0.05, 0) is 51.1 Å². The number of rotatable bonds is 10. The predicted molar refractivity (Wildman–Crippen MR) is 110 cm³/mol. The number of piperidine rings is 1. The molecule has 152 valence electrons. The van der Waals surface area contributed by atoms with Gasteiger partial charge in [-0.2, -0.15) is 0 Å². The molecule has 0 aromatic rings. The number of likely N-dealkylation sites (tertiary alicyclic amines) is 1. The number of nitrogens with zero attached hydrogens (tertiary/aromatic N) is 3. The number of hydrogen-bond acceptors (Lipinski definition) is 3. The Morgan fingerprint density at radius 2 is 2.00 bits per heavy atom. The zero-order chi connectivity index (χ0) is 19.5. The minimum Gasteiger partial charge on any atom is -0.370 e. The molecule has 1 heterocycles. The van der Waals surface area contributed by atoms with E-state index in [9.17, 15) is 4.79 Å². The third kappa shape index (κ3) is 7.94. The van der Waals surface area contributed by atoms with Gasteiger partial charge in [-0.1, -0.05) is 27.7 Å². The van der Waals surface area contributed by atoms with Crippen molar-refractivity contribution in [2.24, 2.45) is 22.6 Å². The van der Waals surface area contributed by atoms with Gasteiger partial charge >= 0.3 is 0 Å². The number of aliphatic imine (C=N–C) groups is 1. The molecule has 2 atom stereocenters. The van der Waals surface area contributed by atoms with Crippen LogP contribution in [0.3, 0.4) is 0 Å². The summed E-state index contributed by atoms with van der Waals surface area (Å²) in [6, 6.07) is 0.477. The van der Waals surface area contributed by atoms with Gasteiger partial charge in [-0.25, -0.2) is 0 Å². The molecule has 6 nitrogen and oxygen atoms in total. The molecule has 0 saturated carbocycles. The number of hydrogen-bond donors (Lipinski definition) is 2. The number of guanidine groups is 1. The summed E-state index contributed by atoms with van der Waals surface area (Å²) < 4.78 is 0. The predicted octanol–water partition coefficient (Wildman–Crippen LogP) is 2.30. The van der Waals surface area contributed by atoms with Gasteiger partial charge < -0.3 is 16.0 Å². The molecule has 0 aromatic heterocycles. The molecule has 1 amide bonds. The highest BCUT2D eigenvalue weighted by Gasteiger charge is 2.24. The zero-order valence-electron chi connectivity index (χ0n) is 17.6. The summed E-state index contributed by atoms with van der Waals surface area (Å²) in [5.41, 5.74) is 5.40. The first-order chi connectivity index (χ1) is 12.4. The van der Waals surface area contributed by atoms with Gasteiger partial charge in [0.05, 0.1) is 6.54 Å². The maximum absolute atomic E-state index is 11.3. The third-order valence-corrected chi connectivity index (χ3v) is 5.17. The van der Waals surface area contributed by atoms with Crippen molar-refractivity contribution in [1.29, 1.82) is 0 Å². The molecule has 1 fully saturated rings. The molecule has 1 saturated heterocycles. The van der Waals surface area contributed by atoms with Crippen LogP contribution in [0.5, 0.6) is 0 Å². The quantitative estimate of drug-likeness (QED) is 0.459. The first-order valence-electron chi connectivity index (χ1n) is 10.5. The second kappa shape index (κ2) is 12.2. The van der Waals surface area contributed by atoms with Crippen molar-refractivity contribution in [3.05, 3.63) is 0 Å². The Bertz CT molecular complexity index is 434. The van der Waals surface area contributed by atoms with Crippen LogP contribution >= 0.6 is 0 Å². The van der Waals surface area contributed by atoms with Gasteiger partial charge in [0.25, 0.3) is 0 Å². The molecule has 26 heavy (non-hydrogen) atoms. The zero-order valence-corrected chi connectivity index (χ0v) is 17.6. The van der Waals surface area contributed by atoms with Crippen LogP contribution in [0, 0.1) is 11.8 Å². The van der Waals surface area contributed by atoms with Crippen molar-refractivity contribution in [1.82, 2.24) is 15.1 Å². The summed E-state index contributed by atoms with van der Waals surface area (Å²) in [4.78, 5) is 21.1. The molecular formula is C20H41N5O. The van der Waals surface area contributed by atoms with Crippen molar-refractivity contribution in [3.8, 4) is 0 Å². The van der Waals surface area contributed by atoms with Crippen LogP contribution in [-0.4, -0.2) is 67.0 Å². The fourth-order valence-electron chi connectivity index (χ4n) is 3.95. The van der Waals surface area contributed by atoms with Gasteiger partial charge in [0.2, 0.25) is 5.91 Å². The van der Waals surface area contributed by atoms with Gasteiger partial charge in [-0.15, -0.1) is 0 Å². The van der Waals surface area contributed by atoms with E-state index in [-0.39, 0.29) is 5.91 Å². The van der Waals surface area contributed by atoms with Crippen molar-refractivity contribution < 1.29 is 4.79 Å². The molecule has 1 rings (SSSR count). The lowest BCUT2D eigenvalue weighted by atomic mass is 9.95. The Kier molecular flexibility index (Phi) is 10.6. The van der Waals surface area contributed by atoms with Crippen molar-refractivity contribution in [2.75, 3.05) is 39.3 Å². The average Bonchev–Trinajstić information content (AvgIpc) is 2.58. The topological polar surface area (TPSA) is 74.0 Å². The maximum atomic E-state index is 11.3. The molecule has 0 aliphatic carbocycles. The monoisotopic (exact) mass is 367 g/mol. The molecule has 6 heteroatoms.